The van der Waals surface area contributed by atoms with Crippen molar-refractivity contribution in [1.82, 2.24) is 4.90 Å². The van der Waals surface area contributed by atoms with Gasteiger partial charge in [0.05, 0.1) is 11.2 Å². The van der Waals surface area contributed by atoms with Crippen molar-refractivity contribution in [1.29, 1.82) is 0 Å². The molecule has 26 heavy (non-hydrogen) atoms. The highest BCUT2D eigenvalue weighted by Crippen LogP contribution is 2.36. The molecule has 4 nitrogen and oxygen atoms in total. The largest absolute Gasteiger partial charge is 0.495 e. The highest BCUT2D eigenvalue weighted by molar-refractivity contribution is 6.62. The molecule has 0 aromatic heterocycles. The van der Waals surface area contributed by atoms with Crippen molar-refractivity contribution < 1.29 is 14.1 Å². The van der Waals surface area contributed by atoms with E-state index in [-0.39, 0.29) is 24.2 Å². The fraction of sp³-hybridized carbons (Fsp3) is 0.667. The number of rotatable bonds is 4. The number of aryl methyl sites for hydroxylation is 1. The van der Waals surface area contributed by atoms with Crippen LogP contribution in [0.5, 0.6) is 0 Å². The van der Waals surface area contributed by atoms with Gasteiger partial charge in [-0.05, 0) is 63.9 Å². The summed E-state index contributed by atoms with van der Waals surface area (Å²) in [7, 11) is -0.374. The molecule has 0 N–H and O–H groups in total. The molecule has 0 radical (unpaired) electrons. The Balaban J connectivity index is 1.68. The zero-order chi connectivity index (χ0) is 18.9. The molecule has 2 aliphatic heterocycles. The van der Waals surface area contributed by atoms with E-state index in [1.54, 1.807) is 0 Å². The summed E-state index contributed by atoms with van der Waals surface area (Å²) in [5, 5.41) is 0. The van der Waals surface area contributed by atoms with Crippen LogP contribution in [-0.2, 0) is 20.5 Å². The van der Waals surface area contributed by atoms with E-state index in [9.17, 15) is 4.79 Å². The molecular formula is C21H32BNO3. The maximum atomic E-state index is 12.6. The van der Waals surface area contributed by atoms with Crippen molar-refractivity contribution in [3.63, 3.8) is 0 Å². The highest BCUT2D eigenvalue weighted by Gasteiger charge is 2.52. The minimum Gasteiger partial charge on any atom is -0.399 e. The van der Waals surface area contributed by atoms with Gasteiger partial charge in [0.15, 0.2) is 0 Å². The molecular weight excluding hydrogens is 325 g/mol. The first-order valence-corrected chi connectivity index (χ1v) is 9.91. The Labute approximate surface area is 158 Å². The predicted molar refractivity (Wildman–Crippen MR) is 105 cm³/mol. The van der Waals surface area contributed by atoms with Gasteiger partial charge < -0.3 is 14.2 Å². The van der Waals surface area contributed by atoms with Gasteiger partial charge in [-0.15, -0.1) is 0 Å². The summed E-state index contributed by atoms with van der Waals surface area (Å²) in [6, 6.07) is 8.19. The third kappa shape index (κ3) is 3.99. The second-order valence-corrected chi connectivity index (χ2v) is 8.87. The summed E-state index contributed by atoms with van der Waals surface area (Å²) < 4.78 is 12.4. The molecule has 1 atom stereocenters. The normalized spacial score (nSPS) is 24.7. The van der Waals surface area contributed by atoms with Crippen LogP contribution in [0, 0.1) is 5.92 Å². The van der Waals surface area contributed by atoms with Gasteiger partial charge in [-0.1, -0.05) is 31.2 Å². The van der Waals surface area contributed by atoms with E-state index in [1.165, 1.54) is 6.42 Å². The highest BCUT2D eigenvalue weighted by atomic mass is 16.7. The molecule has 2 saturated heterocycles. The SMILES string of the molecule is CC1CCCN(C(=O)CCc2ccccc2B2OC(C)(C)C(C)(C)O2)C1. The van der Waals surface area contributed by atoms with Crippen molar-refractivity contribution in [2.75, 3.05) is 13.1 Å². The first kappa shape index (κ1) is 19.4. The Morgan fingerprint density at radius 2 is 1.85 bits per heavy atom. The lowest BCUT2D eigenvalue weighted by Crippen LogP contribution is -2.41. The lowest BCUT2D eigenvalue weighted by molar-refractivity contribution is -0.132. The van der Waals surface area contributed by atoms with E-state index in [0.29, 0.717) is 12.3 Å². The van der Waals surface area contributed by atoms with E-state index >= 15 is 0 Å². The second-order valence-electron chi connectivity index (χ2n) is 8.87. The number of piperidine rings is 1. The van der Waals surface area contributed by atoms with Crippen molar-refractivity contribution in [3.8, 4) is 0 Å². The number of benzene rings is 1. The van der Waals surface area contributed by atoms with E-state index in [0.717, 1.165) is 37.0 Å². The van der Waals surface area contributed by atoms with Gasteiger partial charge in [0.25, 0.3) is 0 Å². The van der Waals surface area contributed by atoms with Crippen LogP contribution in [-0.4, -0.2) is 42.2 Å². The van der Waals surface area contributed by atoms with Crippen LogP contribution in [0.1, 0.15) is 59.4 Å². The average Bonchev–Trinajstić information content (AvgIpc) is 2.80. The molecule has 2 fully saturated rings. The van der Waals surface area contributed by atoms with E-state index in [2.05, 4.69) is 46.8 Å². The molecule has 0 saturated carbocycles. The topological polar surface area (TPSA) is 38.8 Å². The van der Waals surface area contributed by atoms with Crippen LogP contribution in [0.4, 0.5) is 0 Å². The molecule has 1 aromatic rings. The van der Waals surface area contributed by atoms with Crippen LogP contribution in [0.25, 0.3) is 0 Å². The van der Waals surface area contributed by atoms with Gasteiger partial charge in [-0.2, -0.15) is 0 Å². The third-order valence-electron chi connectivity index (χ3n) is 6.18. The van der Waals surface area contributed by atoms with Gasteiger partial charge in [-0.25, -0.2) is 0 Å². The lowest BCUT2D eigenvalue weighted by Gasteiger charge is -2.32. The summed E-state index contributed by atoms with van der Waals surface area (Å²) in [4.78, 5) is 14.7. The molecule has 2 heterocycles. The Bertz CT molecular complexity index is 642. The number of likely N-dealkylation sites (tertiary alicyclic amines) is 1. The van der Waals surface area contributed by atoms with Crippen molar-refractivity contribution >= 4 is 18.5 Å². The zero-order valence-electron chi connectivity index (χ0n) is 16.9. The number of carbonyl (C=O) groups is 1. The molecule has 1 unspecified atom stereocenters. The first-order chi connectivity index (χ1) is 12.2. The predicted octanol–water partition coefficient (Wildman–Crippen LogP) is 3.18. The van der Waals surface area contributed by atoms with Gasteiger partial charge in [-0.3, -0.25) is 4.79 Å². The summed E-state index contributed by atoms with van der Waals surface area (Å²) in [5.74, 6) is 0.880. The quantitative estimate of drug-likeness (QED) is 0.777. The standard InChI is InChI=1S/C21H32BNO3/c1-16-9-8-14-23(15-16)19(24)13-12-17-10-6-7-11-18(17)22-25-20(2,3)21(4,5)26-22/h6-7,10-11,16H,8-9,12-15H2,1-5H3. The molecule has 0 aliphatic carbocycles. The van der Waals surface area contributed by atoms with Crippen LogP contribution >= 0.6 is 0 Å². The number of nitrogens with zero attached hydrogens (tertiary/aromatic N) is 1. The number of carbonyl (C=O) groups excluding carboxylic acids is 1. The number of hydrogen-bond acceptors (Lipinski definition) is 3. The number of hydrogen-bond donors (Lipinski definition) is 0. The zero-order valence-corrected chi connectivity index (χ0v) is 16.9. The van der Waals surface area contributed by atoms with E-state index in [4.69, 9.17) is 9.31 Å². The minimum atomic E-state index is -0.374. The van der Waals surface area contributed by atoms with Crippen LogP contribution in [0.3, 0.4) is 0 Å². The average molecular weight is 357 g/mol. The Morgan fingerprint density at radius 3 is 2.50 bits per heavy atom. The summed E-state index contributed by atoms with van der Waals surface area (Å²) >= 11 is 0. The summed E-state index contributed by atoms with van der Waals surface area (Å²) in [6.07, 6.45) is 3.62. The Morgan fingerprint density at radius 1 is 1.19 bits per heavy atom. The fourth-order valence-corrected chi connectivity index (χ4v) is 3.78. The van der Waals surface area contributed by atoms with Gasteiger partial charge >= 0.3 is 7.12 Å². The first-order valence-electron chi connectivity index (χ1n) is 9.91. The molecule has 3 rings (SSSR count). The molecule has 1 aromatic carbocycles. The van der Waals surface area contributed by atoms with E-state index in [1.807, 2.05) is 17.0 Å². The van der Waals surface area contributed by atoms with Crippen molar-refractivity contribution in [2.24, 2.45) is 5.92 Å². The summed E-state index contributed by atoms with van der Waals surface area (Å²) in [5.41, 5.74) is 1.48. The maximum Gasteiger partial charge on any atom is 0.495 e. The van der Waals surface area contributed by atoms with Crippen molar-refractivity contribution in [2.45, 2.75) is 71.5 Å². The van der Waals surface area contributed by atoms with Gasteiger partial charge in [0.1, 0.15) is 0 Å². The summed E-state index contributed by atoms with van der Waals surface area (Å²) in [6.45, 7) is 12.3. The molecule has 1 amide bonds. The number of amides is 1. The van der Waals surface area contributed by atoms with Crippen LogP contribution < -0.4 is 5.46 Å². The van der Waals surface area contributed by atoms with Gasteiger partial charge in [0.2, 0.25) is 5.91 Å². The minimum absolute atomic E-state index is 0.264. The monoisotopic (exact) mass is 357 g/mol. The Hall–Kier alpha value is -1.33. The van der Waals surface area contributed by atoms with Gasteiger partial charge in [0, 0.05) is 19.5 Å². The fourth-order valence-electron chi connectivity index (χ4n) is 3.78. The lowest BCUT2D eigenvalue weighted by atomic mass is 9.75. The van der Waals surface area contributed by atoms with Crippen molar-refractivity contribution in [3.05, 3.63) is 29.8 Å². The van der Waals surface area contributed by atoms with Crippen LogP contribution in [0.15, 0.2) is 24.3 Å². The van der Waals surface area contributed by atoms with E-state index < -0.39 is 0 Å². The molecule has 0 spiro atoms. The Kier molecular flexibility index (Phi) is 5.50. The molecule has 5 heteroatoms. The third-order valence-corrected chi connectivity index (χ3v) is 6.18. The molecule has 2 aliphatic rings. The second kappa shape index (κ2) is 7.36. The maximum absolute atomic E-state index is 12.6. The smallest absolute Gasteiger partial charge is 0.399 e. The van der Waals surface area contributed by atoms with Crippen LogP contribution in [0.2, 0.25) is 0 Å². The molecule has 142 valence electrons. The molecule has 0 bridgehead atoms.